The molecular weight excluding hydrogens is 230 g/mol. The maximum atomic E-state index is 10.9. The second-order valence-corrected chi connectivity index (χ2v) is 4.71. The third-order valence-corrected chi connectivity index (χ3v) is 3.40. The van der Waals surface area contributed by atoms with Crippen molar-refractivity contribution in [2.24, 2.45) is 5.73 Å². The van der Waals surface area contributed by atoms with E-state index in [9.17, 15) is 4.79 Å². The van der Waals surface area contributed by atoms with Crippen molar-refractivity contribution in [1.82, 2.24) is 0 Å². The smallest absolute Gasteiger partial charge is 0.344 e. The van der Waals surface area contributed by atoms with Gasteiger partial charge in [-0.1, -0.05) is 13.0 Å². The molecule has 4 nitrogen and oxygen atoms in total. The van der Waals surface area contributed by atoms with Gasteiger partial charge < -0.3 is 15.6 Å². The van der Waals surface area contributed by atoms with E-state index in [1.165, 1.54) is 5.56 Å². The highest BCUT2D eigenvalue weighted by Crippen LogP contribution is 2.31. The molecule has 0 amide bonds. The van der Waals surface area contributed by atoms with Crippen molar-refractivity contribution in [1.29, 1.82) is 0 Å². The zero-order valence-electron chi connectivity index (χ0n) is 10.6. The number of rotatable bonds is 4. The van der Waals surface area contributed by atoms with Gasteiger partial charge in [-0.25, -0.2) is 4.79 Å². The predicted molar refractivity (Wildman–Crippen MR) is 68.7 cm³/mol. The Morgan fingerprint density at radius 2 is 2.39 bits per heavy atom. The topological polar surface area (TPSA) is 72.5 Å². The van der Waals surface area contributed by atoms with Crippen LogP contribution in [-0.2, 0) is 11.2 Å². The second kappa shape index (κ2) is 5.40. The number of carbonyl (C=O) groups is 1. The quantitative estimate of drug-likeness (QED) is 0.858. The molecule has 1 aliphatic rings. The summed E-state index contributed by atoms with van der Waals surface area (Å²) in [7, 11) is 0. The van der Waals surface area contributed by atoms with Crippen LogP contribution in [0.25, 0.3) is 0 Å². The van der Waals surface area contributed by atoms with Crippen LogP contribution < -0.4 is 10.5 Å². The minimum atomic E-state index is -0.931. The van der Waals surface area contributed by atoms with Crippen LogP contribution in [-0.4, -0.2) is 17.2 Å². The van der Waals surface area contributed by atoms with Gasteiger partial charge in [-0.15, -0.1) is 0 Å². The third-order valence-electron chi connectivity index (χ3n) is 3.40. The summed E-state index contributed by atoms with van der Waals surface area (Å²) in [5, 5.41) is 8.98. The second-order valence-electron chi connectivity index (χ2n) is 4.71. The zero-order valence-corrected chi connectivity index (χ0v) is 10.6. The summed E-state index contributed by atoms with van der Waals surface area (Å²) in [4.78, 5) is 10.9. The van der Waals surface area contributed by atoms with Crippen LogP contribution in [0.1, 0.15) is 43.4 Å². The first-order chi connectivity index (χ1) is 8.61. The van der Waals surface area contributed by atoms with E-state index in [0.717, 1.165) is 24.8 Å². The summed E-state index contributed by atoms with van der Waals surface area (Å²) in [6, 6.07) is 5.77. The maximum Gasteiger partial charge on any atom is 0.344 e. The van der Waals surface area contributed by atoms with Crippen LogP contribution in [0.2, 0.25) is 0 Å². The molecule has 1 aromatic carbocycles. The lowest BCUT2D eigenvalue weighted by Crippen LogP contribution is -2.26. The lowest BCUT2D eigenvalue weighted by molar-refractivity contribution is -0.145. The highest BCUT2D eigenvalue weighted by Gasteiger charge is 2.20. The number of ether oxygens (including phenoxy) is 1. The zero-order chi connectivity index (χ0) is 13.1. The molecule has 0 radical (unpaired) electrons. The number of hydrogen-bond donors (Lipinski definition) is 2. The van der Waals surface area contributed by atoms with Gasteiger partial charge in [-0.05, 0) is 48.9 Å². The van der Waals surface area contributed by atoms with Gasteiger partial charge in [-0.3, -0.25) is 0 Å². The fraction of sp³-hybridized carbons (Fsp3) is 0.500. The van der Waals surface area contributed by atoms with Gasteiger partial charge in [0.2, 0.25) is 0 Å². The van der Waals surface area contributed by atoms with Crippen LogP contribution >= 0.6 is 0 Å². The van der Waals surface area contributed by atoms with Gasteiger partial charge in [0.25, 0.3) is 0 Å². The number of fused-ring (bicyclic) bond motifs is 1. The molecule has 1 aliphatic carbocycles. The minimum absolute atomic E-state index is 0.0437. The Morgan fingerprint density at radius 1 is 1.61 bits per heavy atom. The molecular formula is C14H19NO3. The summed E-state index contributed by atoms with van der Waals surface area (Å²) < 4.78 is 5.48. The SMILES string of the molecule is CCC(Oc1ccc2c(c1)[C@@H](N)CCC2)C(=O)O. The molecule has 0 heterocycles. The van der Waals surface area contributed by atoms with E-state index in [4.69, 9.17) is 15.6 Å². The molecule has 4 heteroatoms. The molecule has 1 unspecified atom stereocenters. The first-order valence-electron chi connectivity index (χ1n) is 6.39. The van der Waals surface area contributed by atoms with Crippen LogP contribution in [0.15, 0.2) is 18.2 Å². The maximum absolute atomic E-state index is 10.9. The van der Waals surface area contributed by atoms with Gasteiger partial charge in [0.15, 0.2) is 6.10 Å². The van der Waals surface area contributed by atoms with E-state index < -0.39 is 12.1 Å². The first-order valence-corrected chi connectivity index (χ1v) is 6.39. The van der Waals surface area contributed by atoms with Crippen LogP contribution in [0.4, 0.5) is 0 Å². The van der Waals surface area contributed by atoms with Gasteiger partial charge in [0, 0.05) is 6.04 Å². The lowest BCUT2D eigenvalue weighted by Gasteiger charge is -2.23. The molecule has 1 aromatic rings. The van der Waals surface area contributed by atoms with Crippen molar-refractivity contribution in [2.75, 3.05) is 0 Å². The van der Waals surface area contributed by atoms with Crippen molar-refractivity contribution in [3.63, 3.8) is 0 Å². The number of aliphatic carboxylic acids is 1. The Hall–Kier alpha value is -1.55. The first kappa shape index (κ1) is 12.9. The average molecular weight is 249 g/mol. The molecule has 3 N–H and O–H groups in total. The van der Waals surface area contributed by atoms with Crippen LogP contribution in [0.5, 0.6) is 5.75 Å². The molecule has 0 fully saturated rings. The van der Waals surface area contributed by atoms with Gasteiger partial charge in [-0.2, -0.15) is 0 Å². The van der Waals surface area contributed by atoms with Crippen molar-refractivity contribution >= 4 is 5.97 Å². The molecule has 2 rings (SSSR count). The summed E-state index contributed by atoms with van der Waals surface area (Å²) in [6.45, 7) is 1.79. The molecule has 98 valence electrons. The highest BCUT2D eigenvalue weighted by molar-refractivity contribution is 5.72. The Kier molecular flexibility index (Phi) is 3.87. The van der Waals surface area contributed by atoms with Crippen LogP contribution in [0, 0.1) is 0 Å². The Balaban J connectivity index is 2.20. The average Bonchev–Trinajstić information content (AvgIpc) is 2.36. The molecule has 2 atom stereocenters. The third kappa shape index (κ3) is 2.64. The molecule has 0 aromatic heterocycles. The Morgan fingerprint density at radius 3 is 3.06 bits per heavy atom. The van der Waals surface area contributed by atoms with E-state index in [2.05, 4.69) is 0 Å². The van der Waals surface area contributed by atoms with Crippen molar-refractivity contribution in [3.8, 4) is 5.75 Å². The van der Waals surface area contributed by atoms with Gasteiger partial charge >= 0.3 is 5.97 Å². The van der Waals surface area contributed by atoms with Crippen molar-refractivity contribution in [2.45, 2.75) is 44.8 Å². The van der Waals surface area contributed by atoms with E-state index in [1.54, 1.807) is 6.92 Å². The summed E-state index contributed by atoms with van der Waals surface area (Å²) in [5.41, 5.74) is 8.42. The van der Waals surface area contributed by atoms with E-state index >= 15 is 0 Å². The number of carboxylic acid groups (broad SMARTS) is 1. The summed E-state index contributed by atoms with van der Waals surface area (Å²) in [5.74, 6) is -0.333. The molecule has 0 saturated heterocycles. The fourth-order valence-corrected chi connectivity index (χ4v) is 2.36. The fourth-order valence-electron chi connectivity index (χ4n) is 2.36. The number of carboxylic acids is 1. The molecule has 0 aliphatic heterocycles. The molecule has 0 saturated carbocycles. The molecule has 18 heavy (non-hydrogen) atoms. The number of hydrogen-bond acceptors (Lipinski definition) is 3. The number of aryl methyl sites for hydroxylation is 1. The lowest BCUT2D eigenvalue weighted by atomic mass is 9.88. The largest absolute Gasteiger partial charge is 0.479 e. The van der Waals surface area contributed by atoms with E-state index in [0.29, 0.717) is 12.2 Å². The number of nitrogens with two attached hydrogens (primary N) is 1. The Bertz CT molecular complexity index is 445. The predicted octanol–water partition coefficient (Wildman–Crippen LogP) is 2.26. The monoisotopic (exact) mass is 249 g/mol. The van der Waals surface area contributed by atoms with E-state index in [1.807, 2.05) is 18.2 Å². The Labute approximate surface area is 107 Å². The number of benzene rings is 1. The van der Waals surface area contributed by atoms with Crippen molar-refractivity contribution in [3.05, 3.63) is 29.3 Å². The molecule has 0 spiro atoms. The normalized spacial score (nSPS) is 20.0. The molecule has 0 bridgehead atoms. The highest BCUT2D eigenvalue weighted by atomic mass is 16.5. The summed E-state index contributed by atoms with van der Waals surface area (Å²) in [6.07, 6.45) is 2.79. The minimum Gasteiger partial charge on any atom is -0.479 e. The van der Waals surface area contributed by atoms with Crippen molar-refractivity contribution < 1.29 is 14.6 Å². The van der Waals surface area contributed by atoms with E-state index in [-0.39, 0.29) is 6.04 Å². The van der Waals surface area contributed by atoms with Crippen LogP contribution in [0.3, 0.4) is 0 Å². The van der Waals surface area contributed by atoms with Gasteiger partial charge in [0.1, 0.15) is 5.75 Å². The summed E-state index contributed by atoms with van der Waals surface area (Å²) >= 11 is 0. The standard InChI is InChI=1S/C14H19NO3/c1-2-13(14(16)17)18-10-7-6-9-4-3-5-12(15)11(9)8-10/h6-8,12-13H,2-5,15H2,1H3,(H,16,17)/t12-,13?/m0/s1. The van der Waals surface area contributed by atoms with Gasteiger partial charge in [0.05, 0.1) is 0 Å².